The highest BCUT2D eigenvalue weighted by atomic mass is 19.1. The van der Waals surface area contributed by atoms with Gasteiger partial charge < -0.3 is 15.2 Å². The van der Waals surface area contributed by atoms with Gasteiger partial charge in [0.2, 0.25) is 0 Å². The van der Waals surface area contributed by atoms with Gasteiger partial charge in [-0.25, -0.2) is 9.37 Å². The second-order valence-electron chi connectivity index (χ2n) is 7.46. The summed E-state index contributed by atoms with van der Waals surface area (Å²) >= 11 is 0. The molecule has 5 aromatic heterocycles. The number of pyridine rings is 3. The van der Waals surface area contributed by atoms with Gasteiger partial charge in [-0.05, 0) is 30.3 Å². The van der Waals surface area contributed by atoms with Crippen molar-refractivity contribution in [3.8, 4) is 45.5 Å². The summed E-state index contributed by atoms with van der Waals surface area (Å²) in [5.74, 6) is -0.238. The number of aromatic nitrogens is 7. The molecule has 0 bridgehead atoms. The number of benzene rings is 1. The molecule has 4 N–H and O–H groups in total. The lowest BCUT2D eigenvalue weighted by Crippen LogP contribution is -1.87. The second-order valence-corrected chi connectivity index (χ2v) is 7.46. The number of phenols is 1. The Morgan fingerprint density at radius 2 is 1.70 bits per heavy atom. The minimum atomic E-state index is -0.570. The molecule has 5 heterocycles. The molecule has 33 heavy (non-hydrogen) atoms. The maximum Gasteiger partial charge on any atom is 0.159 e. The number of phenolic OH excluding ortho intramolecular Hbond substituents is 1. The first-order valence-corrected chi connectivity index (χ1v) is 9.89. The average molecular weight is 439 g/mol. The molecule has 9 nitrogen and oxygen atoms in total. The standard InChI is InChI=1S/C23H14FN7O2/c24-13-3-11(4-14(32)6-13)20-22-17(1-2-26-20)28-23(29-22)21-16-7-18(27-10-19(16)30-31-21)12-5-15(33)9-25-8-12/h1-10,32-33H,(H,28,29)(H,30,31). The van der Waals surface area contributed by atoms with Crippen LogP contribution in [-0.4, -0.2) is 45.3 Å². The number of nitrogens with zero attached hydrogens (tertiary/aromatic N) is 5. The molecule has 0 saturated heterocycles. The van der Waals surface area contributed by atoms with E-state index in [1.54, 1.807) is 30.7 Å². The first-order chi connectivity index (χ1) is 16.0. The molecule has 0 aliphatic carbocycles. The molecule has 10 heteroatoms. The largest absolute Gasteiger partial charge is 0.508 e. The molecular formula is C23H14FN7O2. The molecule has 160 valence electrons. The maximum absolute atomic E-state index is 13.9. The number of hydrogen-bond donors (Lipinski definition) is 4. The fourth-order valence-electron chi connectivity index (χ4n) is 3.79. The SMILES string of the molecule is Oc1cncc(-c2cc3c(-c4nc5c(-c6cc(O)cc(F)c6)nccc5[nH]4)n[nH]c3cn2)c1. The van der Waals surface area contributed by atoms with Crippen LogP contribution in [0.4, 0.5) is 4.39 Å². The monoisotopic (exact) mass is 439 g/mol. The predicted octanol–water partition coefficient (Wildman–Crippen LogP) is 4.18. The summed E-state index contributed by atoms with van der Waals surface area (Å²) in [4.78, 5) is 20.7. The fraction of sp³-hybridized carbons (Fsp3) is 0. The van der Waals surface area contributed by atoms with E-state index < -0.39 is 5.82 Å². The van der Waals surface area contributed by atoms with Crippen LogP contribution in [0, 0.1) is 5.82 Å². The topological polar surface area (TPSA) is 136 Å². The smallest absolute Gasteiger partial charge is 0.159 e. The van der Waals surface area contributed by atoms with Gasteiger partial charge in [0, 0.05) is 35.0 Å². The van der Waals surface area contributed by atoms with E-state index in [1.165, 1.54) is 18.3 Å². The lowest BCUT2D eigenvalue weighted by molar-refractivity contribution is 0.469. The van der Waals surface area contributed by atoms with Gasteiger partial charge in [-0.3, -0.25) is 20.1 Å². The third-order valence-corrected chi connectivity index (χ3v) is 5.25. The summed E-state index contributed by atoms with van der Waals surface area (Å²) in [6.07, 6.45) is 6.20. The zero-order valence-electron chi connectivity index (χ0n) is 16.8. The van der Waals surface area contributed by atoms with Gasteiger partial charge in [0.25, 0.3) is 0 Å². The molecule has 0 amide bonds. The first-order valence-electron chi connectivity index (χ1n) is 9.89. The molecule has 0 radical (unpaired) electrons. The summed E-state index contributed by atoms with van der Waals surface area (Å²) < 4.78 is 13.9. The van der Waals surface area contributed by atoms with Crippen LogP contribution in [0.2, 0.25) is 0 Å². The molecule has 0 atom stereocenters. The fourth-order valence-corrected chi connectivity index (χ4v) is 3.79. The lowest BCUT2D eigenvalue weighted by Gasteiger charge is -2.03. The van der Waals surface area contributed by atoms with Gasteiger partial charge in [0.05, 0.1) is 34.8 Å². The third kappa shape index (κ3) is 3.21. The summed E-state index contributed by atoms with van der Waals surface area (Å²) in [7, 11) is 0. The van der Waals surface area contributed by atoms with E-state index in [-0.39, 0.29) is 11.5 Å². The second kappa shape index (κ2) is 7.09. The number of aromatic hydroxyl groups is 2. The molecule has 6 aromatic rings. The Balaban J connectivity index is 1.51. The van der Waals surface area contributed by atoms with Crippen molar-refractivity contribution in [2.75, 3.05) is 0 Å². The van der Waals surface area contributed by atoms with Crippen molar-refractivity contribution in [3.05, 3.63) is 67.0 Å². The van der Waals surface area contributed by atoms with Crippen molar-refractivity contribution in [1.29, 1.82) is 0 Å². The van der Waals surface area contributed by atoms with Crippen molar-refractivity contribution >= 4 is 21.9 Å². The quantitative estimate of drug-likeness (QED) is 0.325. The summed E-state index contributed by atoms with van der Waals surface area (Å²) in [6.45, 7) is 0. The van der Waals surface area contributed by atoms with E-state index >= 15 is 0 Å². The van der Waals surface area contributed by atoms with Gasteiger partial charge in [-0.1, -0.05) is 0 Å². The van der Waals surface area contributed by atoms with Crippen LogP contribution in [0.25, 0.3) is 56.0 Å². The number of halogens is 1. The minimum absolute atomic E-state index is 0.0440. The van der Waals surface area contributed by atoms with Gasteiger partial charge in [0.15, 0.2) is 5.82 Å². The van der Waals surface area contributed by atoms with E-state index in [0.717, 1.165) is 11.5 Å². The lowest BCUT2D eigenvalue weighted by atomic mass is 10.1. The Hall–Kier alpha value is -4.86. The summed E-state index contributed by atoms with van der Waals surface area (Å²) in [6, 6.07) is 8.93. The Labute approximate surface area is 184 Å². The van der Waals surface area contributed by atoms with Crippen LogP contribution < -0.4 is 0 Å². The average Bonchev–Trinajstić information content (AvgIpc) is 3.41. The zero-order valence-corrected chi connectivity index (χ0v) is 16.8. The number of hydrogen-bond acceptors (Lipinski definition) is 7. The molecule has 0 fully saturated rings. The van der Waals surface area contributed by atoms with Crippen molar-refractivity contribution in [2.24, 2.45) is 0 Å². The van der Waals surface area contributed by atoms with Crippen molar-refractivity contribution in [1.82, 2.24) is 35.1 Å². The number of aromatic amines is 2. The number of rotatable bonds is 3. The molecule has 6 rings (SSSR count). The highest BCUT2D eigenvalue weighted by Gasteiger charge is 2.17. The Kier molecular flexibility index (Phi) is 4.06. The van der Waals surface area contributed by atoms with Gasteiger partial charge in [-0.15, -0.1) is 0 Å². The van der Waals surface area contributed by atoms with Crippen LogP contribution in [-0.2, 0) is 0 Å². The first kappa shape index (κ1) is 18.9. The van der Waals surface area contributed by atoms with Crippen LogP contribution in [0.1, 0.15) is 0 Å². The molecule has 0 aliphatic heterocycles. The van der Waals surface area contributed by atoms with Crippen molar-refractivity contribution in [3.63, 3.8) is 0 Å². The van der Waals surface area contributed by atoms with E-state index in [2.05, 4.69) is 35.1 Å². The predicted molar refractivity (Wildman–Crippen MR) is 119 cm³/mol. The minimum Gasteiger partial charge on any atom is -0.508 e. The normalized spacial score (nSPS) is 11.4. The highest BCUT2D eigenvalue weighted by Crippen LogP contribution is 2.33. The number of imidazole rings is 1. The van der Waals surface area contributed by atoms with Crippen LogP contribution in [0.3, 0.4) is 0 Å². The Morgan fingerprint density at radius 1 is 0.818 bits per heavy atom. The van der Waals surface area contributed by atoms with E-state index in [1.807, 2.05) is 6.07 Å². The summed E-state index contributed by atoms with van der Waals surface area (Å²) in [5.41, 5.74) is 4.57. The van der Waals surface area contributed by atoms with E-state index in [0.29, 0.717) is 50.6 Å². The molecule has 0 unspecified atom stereocenters. The number of fused-ring (bicyclic) bond motifs is 2. The Bertz CT molecular complexity index is 1650. The number of H-pyrrole nitrogens is 2. The molecule has 0 saturated carbocycles. The molecule has 0 spiro atoms. The van der Waals surface area contributed by atoms with Crippen LogP contribution in [0.15, 0.2) is 61.2 Å². The van der Waals surface area contributed by atoms with E-state index in [4.69, 9.17) is 0 Å². The van der Waals surface area contributed by atoms with Crippen molar-refractivity contribution < 1.29 is 14.6 Å². The molecular weight excluding hydrogens is 425 g/mol. The number of nitrogens with one attached hydrogen (secondary N) is 2. The van der Waals surface area contributed by atoms with Crippen LogP contribution >= 0.6 is 0 Å². The van der Waals surface area contributed by atoms with Crippen molar-refractivity contribution in [2.45, 2.75) is 0 Å². The van der Waals surface area contributed by atoms with Crippen LogP contribution in [0.5, 0.6) is 11.5 Å². The highest BCUT2D eigenvalue weighted by molar-refractivity contribution is 5.96. The summed E-state index contributed by atoms with van der Waals surface area (Å²) in [5, 5.41) is 27.7. The third-order valence-electron chi connectivity index (χ3n) is 5.25. The molecule has 0 aliphatic rings. The molecule has 1 aromatic carbocycles. The maximum atomic E-state index is 13.9. The Morgan fingerprint density at radius 3 is 2.55 bits per heavy atom. The van der Waals surface area contributed by atoms with Gasteiger partial charge >= 0.3 is 0 Å². The zero-order chi connectivity index (χ0) is 22.5. The van der Waals surface area contributed by atoms with E-state index in [9.17, 15) is 14.6 Å². The van der Waals surface area contributed by atoms with Gasteiger partial charge in [-0.2, -0.15) is 5.10 Å². The van der Waals surface area contributed by atoms with Gasteiger partial charge in [0.1, 0.15) is 28.5 Å².